The molecule has 0 bridgehead atoms. The van der Waals surface area contributed by atoms with E-state index in [0.717, 1.165) is 0 Å². The van der Waals surface area contributed by atoms with E-state index in [1.807, 2.05) is 0 Å². The lowest BCUT2D eigenvalue weighted by atomic mass is 10.3. The number of carbonyl (C=O) groups is 2. The van der Waals surface area contributed by atoms with Crippen molar-refractivity contribution < 1.29 is 14.3 Å². The number of esters is 1. The van der Waals surface area contributed by atoms with Crippen molar-refractivity contribution in [2.75, 3.05) is 7.11 Å². The predicted octanol–water partition coefficient (Wildman–Crippen LogP) is 0.0192. The molecule has 1 aromatic rings. The Bertz CT molecular complexity index is 316. The zero-order chi connectivity index (χ0) is 9.14. The van der Waals surface area contributed by atoms with Gasteiger partial charge in [-0.25, -0.2) is 4.79 Å². The van der Waals surface area contributed by atoms with E-state index < -0.39 is 5.97 Å². The van der Waals surface area contributed by atoms with Gasteiger partial charge in [-0.3, -0.25) is 9.48 Å². The molecule has 0 spiro atoms. The fourth-order valence-corrected chi connectivity index (χ4v) is 0.887. The van der Waals surface area contributed by atoms with Crippen LogP contribution in [0.15, 0.2) is 6.20 Å². The SMILES string of the molecule is COC(=O)c1c(C=O)cnn1C. The molecule has 0 aromatic carbocycles. The van der Waals surface area contributed by atoms with E-state index in [1.54, 1.807) is 7.05 Å². The molecule has 0 aliphatic heterocycles. The molecule has 0 unspecified atom stereocenters. The van der Waals surface area contributed by atoms with E-state index in [9.17, 15) is 9.59 Å². The molecule has 0 saturated heterocycles. The Morgan fingerprint density at radius 3 is 2.92 bits per heavy atom. The van der Waals surface area contributed by atoms with Gasteiger partial charge in [-0.1, -0.05) is 0 Å². The first-order chi connectivity index (χ1) is 5.70. The van der Waals surface area contributed by atoms with Crippen molar-refractivity contribution in [2.24, 2.45) is 7.05 Å². The molecular weight excluding hydrogens is 160 g/mol. The maximum Gasteiger partial charge on any atom is 0.357 e. The monoisotopic (exact) mass is 168 g/mol. The third-order valence-corrected chi connectivity index (χ3v) is 1.47. The Hall–Kier alpha value is -1.65. The smallest absolute Gasteiger partial charge is 0.357 e. The lowest BCUT2D eigenvalue weighted by molar-refractivity contribution is 0.0586. The van der Waals surface area contributed by atoms with Gasteiger partial charge in [0.25, 0.3) is 0 Å². The van der Waals surface area contributed by atoms with Crippen molar-refractivity contribution in [1.82, 2.24) is 9.78 Å². The highest BCUT2D eigenvalue weighted by molar-refractivity contribution is 5.96. The van der Waals surface area contributed by atoms with Gasteiger partial charge in [0.15, 0.2) is 12.0 Å². The minimum Gasteiger partial charge on any atom is -0.464 e. The van der Waals surface area contributed by atoms with Crippen molar-refractivity contribution in [3.05, 3.63) is 17.5 Å². The normalized spacial score (nSPS) is 9.50. The molecule has 5 heteroatoms. The minimum atomic E-state index is -0.558. The standard InChI is InChI=1S/C7H8N2O3/c1-9-6(7(11)12-2)5(4-10)3-8-9/h3-4H,1-2H3. The molecule has 1 aromatic heterocycles. The van der Waals surface area contributed by atoms with Gasteiger partial charge in [0.1, 0.15) is 0 Å². The summed E-state index contributed by atoms with van der Waals surface area (Å²) in [7, 11) is 2.82. The molecule has 64 valence electrons. The van der Waals surface area contributed by atoms with Crippen LogP contribution in [0.2, 0.25) is 0 Å². The number of rotatable bonds is 2. The first-order valence-electron chi connectivity index (χ1n) is 3.26. The molecule has 0 saturated carbocycles. The number of hydrogen-bond acceptors (Lipinski definition) is 4. The third kappa shape index (κ3) is 1.20. The molecule has 0 radical (unpaired) electrons. The van der Waals surface area contributed by atoms with Crippen LogP contribution in [0.1, 0.15) is 20.8 Å². The molecule has 0 N–H and O–H groups in total. The third-order valence-electron chi connectivity index (χ3n) is 1.47. The topological polar surface area (TPSA) is 61.2 Å². The average molecular weight is 168 g/mol. The summed E-state index contributed by atoms with van der Waals surface area (Å²) < 4.78 is 5.76. The lowest BCUT2D eigenvalue weighted by Crippen LogP contribution is -2.10. The summed E-state index contributed by atoms with van der Waals surface area (Å²) in [6.45, 7) is 0. The maximum atomic E-state index is 11.0. The van der Waals surface area contributed by atoms with Crippen LogP contribution in [0.4, 0.5) is 0 Å². The highest BCUT2D eigenvalue weighted by Crippen LogP contribution is 2.05. The Balaban J connectivity index is 3.18. The quantitative estimate of drug-likeness (QED) is 0.461. The second-order valence-corrected chi connectivity index (χ2v) is 2.18. The summed E-state index contributed by atoms with van der Waals surface area (Å²) in [6, 6.07) is 0. The number of nitrogens with zero attached hydrogens (tertiary/aromatic N) is 2. The van der Waals surface area contributed by atoms with Crippen LogP contribution in [0.5, 0.6) is 0 Å². The van der Waals surface area contributed by atoms with Crippen LogP contribution >= 0.6 is 0 Å². The zero-order valence-corrected chi connectivity index (χ0v) is 6.77. The molecule has 0 amide bonds. The highest BCUT2D eigenvalue weighted by atomic mass is 16.5. The first kappa shape index (κ1) is 8.45. The molecule has 0 atom stereocenters. The Labute approximate surface area is 68.9 Å². The maximum absolute atomic E-state index is 11.0. The van der Waals surface area contributed by atoms with Crippen LogP contribution in [0.3, 0.4) is 0 Å². The van der Waals surface area contributed by atoms with Crippen molar-refractivity contribution in [3.8, 4) is 0 Å². The summed E-state index contributed by atoms with van der Waals surface area (Å²) in [4.78, 5) is 21.4. The van der Waals surface area contributed by atoms with Crippen molar-refractivity contribution in [3.63, 3.8) is 0 Å². The van der Waals surface area contributed by atoms with E-state index in [4.69, 9.17) is 0 Å². The fraction of sp³-hybridized carbons (Fsp3) is 0.286. The average Bonchev–Trinajstić information content (AvgIpc) is 2.45. The number of aldehydes is 1. The van der Waals surface area contributed by atoms with Crippen LogP contribution in [0, 0.1) is 0 Å². The molecule has 12 heavy (non-hydrogen) atoms. The molecule has 5 nitrogen and oxygen atoms in total. The van der Waals surface area contributed by atoms with Gasteiger partial charge in [-0.2, -0.15) is 5.10 Å². The van der Waals surface area contributed by atoms with Crippen LogP contribution in [-0.4, -0.2) is 29.1 Å². The molecular formula is C7H8N2O3. The Kier molecular flexibility index (Phi) is 2.23. The van der Waals surface area contributed by atoms with E-state index >= 15 is 0 Å². The van der Waals surface area contributed by atoms with Crippen molar-refractivity contribution >= 4 is 12.3 Å². The van der Waals surface area contributed by atoms with Gasteiger partial charge >= 0.3 is 5.97 Å². The summed E-state index contributed by atoms with van der Waals surface area (Å²) >= 11 is 0. The van der Waals surface area contributed by atoms with E-state index in [2.05, 4.69) is 9.84 Å². The van der Waals surface area contributed by atoms with Crippen LogP contribution < -0.4 is 0 Å². The van der Waals surface area contributed by atoms with Crippen LogP contribution in [0.25, 0.3) is 0 Å². The van der Waals surface area contributed by atoms with Crippen LogP contribution in [-0.2, 0) is 11.8 Å². The first-order valence-corrected chi connectivity index (χ1v) is 3.26. The van der Waals surface area contributed by atoms with Gasteiger partial charge in [-0.05, 0) is 0 Å². The number of hydrogen-bond donors (Lipinski definition) is 0. The van der Waals surface area contributed by atoms with Gasteiger partial charge in [0, 0.05) is 7.05 Å². The van der Waals surface area contributed by atoms with E-state index in [-0.39, 0.29) is 11.3 Å². The number of ether oxygens (including phenoxy) is 1. The Morgan fingerprint density at radius 1 is 1.75 bits per heavy atom. The van der Waals surface area contributed by atoms with E-state index in [1.165, 1.54) is 18.0 Å². The summed E-state index contributed by atoms with van der Waals surface area (Å²) in [5.41, 5.74) is 0.414. The largest absolute Gasteiger partial charge is 0.464 e. The van der Waals surface area contributed by atoms with Crippen molar-refractivity contribution in [2.45, 2.75) is 0 Å². The summed E-state index contributed by atoms with van der Waals surface area (Å²) in [6.07, 6.45) is 1.89. The second kappa shape index (κ2) is 3.17. The highest BCUT2D eigenvalue weighted by Gasteiger charge is 2.16. The van der Waals surface area contributed by atoms with Gasteiger partial charge in [0.05, 0.1) is 18.9 Å². The lowest BCUT2D eigenvalue weighted by Gasteiger charge is -1.98. The molecule has 1 heterocycles. The zero-order valence-electron chi connectivity index (χ0n) is 6.77. The molecule has 0 aliphatic carbocycles. The number of aryl methyl sites for hydroxylation is 1. The molecule has 0 aliphatic rings. The fourth-order valence-electron chi connectivity index (χ4n) is 0.887. The minimum absolute atomic E-state index is 0.174. The number of carbonyl (C=O) groups excluding carboxylic acids is 2. The number of aromatic nitrogens is 2. The summed E-state index contributed by atoms with van der Waals surface area (Å²) in [5.74, 6) is -0.558. The van der Waals surface area contributed by atoms with Gasteiger partial charge in [0.2, 0.25) is 0 Å². The summed E-state index contributed by atoms with van der Waals surface area (Å²) in [5, 5.41) is 3.74. The number of methoxy groups -OCH3 is 1. The van der Waals surface area contributed by atoms with E-state index in [0.29, 0.717) is 6.29 Å². The van der Waals surface area contributed by atoms with Gasteiger partial charge < -0.3 is 4.74 Å². The second-order valence-electron chi connectivity index (χ2n) is 2.18. The van der Waals surface area contributed by atoms with Gasteiger partial charge in [-0.15, -0.1) is 0 Å². The predicted molar refractivity (Wildman–Crippen MR) is 39.9 cm³/mol. The molecule has 1 rings (SSSR count). The molecule has 0 fully saturated rings. The van der Waals surface area contributed by atoms with Crippen molar-refractivity contribution in [1.29, 1.82) is 0 Å². The Morgan fingerprint density at radius 2 is 2.42 bits per heavy atom.